The first-order valence-corrected chi connectivity index (χ1v) is 7.52. The van der Waals surface area contributed by atoms with Crippen molar-refractivity contribution < 1.29 is 5.11 Å². The number of aromatic hydroxyl groups is 1. The molecule has 0 spiro atoms. The Morgan fingerprint density at radius 1 is 1.00 bits per heavy atom. The Bertz CT molecular complexity index is 766. The van der Waals surface area contributed by atoms with Crippen LogP contribution in [0.5, 0.6) is 5.75 Å². The van der Waals surface area contributed by atoms with Gasteiger partial charge in [-0.1, -0.05) is 42.1 Å². The molecule has 106 valence electrons. The summed E-state index contributed by atoms with van der Waals surface area (Å²) in [5.41, 5.74) is 2.33. The molecule has 1 aromatic heterocycles. The molecule has 2 aromatic carbocycles. The third-order valence-electron chi connectivity index (χ3n) is 3.39. The number of aromatic nitrogens is 2. The van der Waals surface area contributed by atoms with Gasteiger partial charge in [0.15, 0.2) is 5.75 Å². The van der Waals surface area contributed by atoms with Crippen LogP contribution in [0.4, 0.5) is 0 Å². The van der Waals surface area contributed by atoms with Crippen molar-refractivity contribution in [2.45, 2.75) is 16.7 Å². The van der Waals surface area contributed by atoms with Gasteiger partial charge in [0, 0.05) is 22.4 Å². The lowest BCUT2D eigenvalue weighted by atomic mass is 10.1. The lowest BCUT2D eigenvalue weighted by Crippen LogP contribution is -1.92. The first-order chi connectivity index (χ1) is 10.1. The third kappa shape index (κ3) is 2.81. The Labute approximate surface area is 128 Å². The van der Waals surface area contributed by atoms with Crippen molar-refractivity contribution in [3.8, 4) is 17.0 Å². The van der Waals surface area contributed by atoms with Gasteiger partial charge in [-0.05, 0) is 31.2 Å². The highest BCUT2D eigenvalue weighted by molar-refractivity contribution is 7.99. The molecule has 0 fully saturated rings. The second-order valence-electron chi connectivity index (χ2n) is 4.85. The Kier molecular flexibility index (Phi) is 3.71. The zero-order chi connectivity index (χ0) is 14.8. The highest BCUT2D eigenvalue weighted by Gasteiger charge is 2.13. The van der Waals surface area contributed by atoms with Gasteiger partial charge in [-0.2, -0.15) is 5.10 Å². The van der Waals surface area contributed by atoms with Crippen LogP contribution < -0.4 is 0 Å². The van der Waals surface area contributed by atoms with Gasteiger partial charge in [-0.25, -0.2) is 0 Å². The fourth-order valence-corrected chi connectivity index (χ4v) is 3.02. The molecule has 0 bridgehead atoms. The second-order valence-corrected chi connectivity index (χ2v) is 6.00. The van der Waals surface area contributed by atoms with Crippen molar-refractivity contribution in [3.63, 3.8) is 0 Å². The van der Waals surface area contributed by atoms with Crippen molar-refractivity contribution in [1.29, 1.82) is 0 Å². The van der Waals surface area contributed by atoms with Crippen molar-refractivity contribution in [3.05, 3.63) is 60.3 Å². The number of nitrogens with zero attached hydrogens (tertiary/aromatic N) is 2. The first-order valence-electron chi connectivity index (χ1n) is 6.71. The van der Waals surface area contributed by atoms with Crippen LogP contribution in [0.3, 0.4) is 0 Å². The number of benzene rings is 2. The molecule has 0 aliphatic rings. The lowest BCUT2D eigenvalue weighted by molar-refractivity contribution is 0.471. The molecule has 0 radical (unpaired) electrons. The molecule has 1 N–H and O–H groups in total. The van der Waals surface area contributed by atoms with Crippen LogP contribution >= 0.6 is 11.8 Å². The Morgan fingerprint density at radius 3 is 2.38 bits per heavy atom. The number of hydrogen-bond acceptors (Lipinski definition) is 3. The van der Waals surface area contributed by atoms with Gasteiger partial charge in [0.2, 0.25) is 0 Å². The first kappa shape index (κ1) is 13.8. The molecule has 0 saturated heterocycles. The molecule has 21 heavy (non-hydrogen) atoms. The van der Waals surface area contributed by atoms with E-state index >= 15 is 0 Å². The van der Waals surface area contributed by atoms with E-state index in [-0.39, 0.29) is 5.75 Å². The van der Waals surface area contributed by atoms with Gasteiger partial charge in [-0.3, -0.25) is 4.68 Å². The molecule has 0 aliphatic heterocycles. The molecule has 1 heterocycles. The summed E-state index contributed by atoms with van der Waals surface area (Å²) in [6.45, 7) is 1.86. The highest BCUT2D eigenvalue weighted by Crippen LogP contribution is 2.34. The monoisotopic (exact) mass is 296 g/mol. The smallest absolute Gasteiger partial charge is 0.164 e. The van der Waals surface area contributed by atoms with E-state index in [1.165, 1.54) is 4.90 Å². The molecule has 0 unspecified atom stereocenters. The zero-order valence-corrected chi connectivity index (χ0v) is 12.8. The van der Waals surface area contributed by atoms with Gasteiger partial charge < -0.3 is 5.11 Å². The quantitative estimate of drug-likeness (QED) is 0.785. The Morgan fingerprint density at radius 2 is 1.71 bits per heavy atom. The standard InChI is InChI=1S/C17H16N2OS/c1-12-17(20)16(18-19(12)2)13-7-6-10-15(11-13)21-14-8-4-3-5-9-14/h3-11,20H,1-2H3. The van der Waals surface area contributed by atoms with Gasteiger partial charge >= 0.3 is 0 Å². The van der Waals surface area contributed by atoms with Gasteiger partial charge in [0.1, 0.15) is 5.69 Å². The topological polar surface area (TPSA) is 38.1 Å². The normalized spacial score (nSPS) is 10.8. The number of rotatable bonds is 3. The fraction of sp³-hybridized carbons (Fsp3) is 0.118. The van der Waals surface area contributed by atoms with Crippen LogP contribution in [0.2, 0.25) is 0 Å². The van der Waals surface area contributed by atoms with Gasteiger partial charge in [0.05, 0.1) is 5.69 Å². The molecule has 3 rings (SSSR count). The molecule has 3 aromatic rings. The van der Waals surface area contributed by atoms with E-state index in [0.29, 0.717) is 5.69 Å². The zero-order valence-electron chi connectivity index (χ0n) is 11.9. The van der Waals surface area contributed by atoms with Crippen LogP contribution in [0.25, 0.3) is 11.3 Å². The number of aryl methyl sites for hydroxylation is 1. The Hall–Kier alpha value is -2.20. The maximum atomic E-state index is 10.2. The van der Waals surface area contributed by atoms with Crippen LogP contribution in [0, 0.1) is 6.92 Å². The predicted octanol–water partition coefficient (Wildman–Crippen LogP) is 4.25. The molecule has 0 saturated carbocycles. The summed E-state index contributed by atoms with van der Waals surface area (Å²) in [5, 5.41) is 14.5. The van der Waals surface area contributed by atoms with E-state index in [1.807, 2.05) is 44.3 Å². The average molecular weight is 296 g/mol. The van der Waals surface area contributed by atoms with Crippen molar-refractivity contribution >= 4 is 11.8 Å². The van der Waals surface area contributed by atoms with Crippen molar-refractivity contribution in [2.75, 3.05) is 0 Å². The third-order valence-corrected chi connectivity index (χ3v) is 4.39. The van der Waals surface area contributed by atoms with E-state index in [2.05, 4.69) is 29.4 Å². The summed E-state index contributed by atoms with van der Waals surface area (Å²) in [6.07, 6.45) is 0. The number of hydrogen-bond donors (Lipinski definition) is 1. The summed E-state index contributed by atoms with van der Waals surface area (Å²) in [7, 11) is 1.83. The molecular formula is C17H16N2OS. The highest BCUT2D eigenvalue weighted by atomic mass is 32.2. The van der Waals surface area contributed by atoms with Crippen LogP contribution in [-0.4, -0.2) is 14.9 Å². The maximum absolute atomic E-state index is 10.2. The van der Waals surface area contributed by atoms with Crippen LogP contribution in [0.1, 0.15) is 5.69 Å². The summed E-state index contributed by atoms with van der Waals surface area (Å²) < 4.78 is 1.70. The minimum absolute atomic E-state index is 0.249. The van der Waals surface area contributed by atoms with Crippen molar-refractivity contribution in [2.24, 2.45) is 7.05 Å². The fourth-order valence-electron chi connectivity index (χ4n) is 2.12. The SMILES string of the molecule is Cc1c(O)c(-c2cccc(Sc3ccccc3)c2)nn1C. The summed E-state index contributed by atoms with van der Waals surface area (Å²) in [4.78, 5) is 2.32. The summed E-state index contributed by atoms with van der Waals surface area (Å²) in [5.74, 6) is 0.249. The average Bonchev–Trinajstić information content (AvgIpc) is 2.76. The minimum atomic E-state index is 0.249. The maximum Gasteiger partial charge on any atom is 0.164 e. The molecule has 4 heteroatoms. The van der Waals surface area contributed by atoms with E-state index in [9.17, 15) is 5.11 Å². The van der Waals surface area contributed by atoms with E-state index in [0.717, 1.165) is 16.2 Å². The lowest BCUT2D eigenvalue weighted by Gasteiger charge is -2.04. The van der Waals surface area contributed by atoms with E-state index in [1.54, 1.807) is 16.4 Å². The molecule has 0 atom stereocenters. The molecular weight excluding hydrogens is 280 g/mol. The van der Waals surface area contributed by atoms with Gasteiger partial charge in [-0.15, -0.1) is 0 Å². The molecule has 3 nitrogen and oxygen atoms in total. The van der Waals surface area contributed by atoms with Gasteiger partial charge in [0.25, 0.3) is 0 Å². The second kappa shape index (κ2) is 5.66. The van der Waals surface area contributed by atoms with Crippen LogP contribution in [-0.2, 0) is 7.05 Å². The molecule has 0 amide bonds. The minimum Gasteiger partial charge on any atom is -0.504 e. The largest absolute Gasteiger partial charge is 0.504 e. The predicted molar refractivity (Wildman–Crippen MR) is 85.6 cm³/mol. The molecule has 0 aliphatic carbocycles. The Balaban J connectivity index is 1.95. The van der Waals surface area contributed by atoms with Crippen molar-refractivity contribution in [1.82, 2.24) is 9.78 Å². The van der Waals surface area contributed by atoms with E-state index in [4.69, 9.17) is 0 Å². The summed E-state index contributed by atoms with van der Waals surface area (Å²) in [6, 6.07) is 18.3. The summed E-state index contributed by atoms with van der Waals surface area (Å²) >= 11 is 1.70. The van der Waals surface area contributed by atoms with Crippen LogP contribution in [0.15, 0.2) is 64.4 Å². The van der Waals surface area contributed by atoms with E-state index < -0.39 is 0 Å².